The van der Waals surface area contributed by atoms with Crippen molar-refractivity contribution < 1.29 is 9.63 Å². The second-order valence-electron chi connectivity index (χ2n) is 4.69. The first-order chi connectivity index (χ1) is 8.70. The topological polar surface area (TPSA) is 43.3 Å². The van der Waals surface area contributed by atoms with E-state index >= 15 is 0 Å². The van der Waals surface area contributed by atoms with E-state index in [0.29, 0.717) is 5.69 Å². The Bertz CT molecular complexity index is 411. The van der Waals surface area contributed by atoms with Gasteiger partial charge < -0.3 is 4.57 Å². The molecular weight excluding hydrogens is 296 g/mol. The van der Waals surface area contributed by atoms with Crippen LogP contribution in [-0.4, -0.2) is 16.6 Å². The fraction of sp³-hybridized carbons (Fsp3) is 0.615. The molecule has 1 fully saturated rings. The molecule has 1 amide bonds. The maximum absolute atomic E-state index is 12.0. The molecule has 1 saturated carbocycles. The maximum atomic E-state index is 12.0. The number of amides is 1. The first-order valence-corrected chi connectivity index (χ1v) is 7.31. The van der Waals surface area contributed by atoms with Gasteiger partial charge in [-0.25, -0.2) is 5.48 Å². The molecule has 1 aromatic heterocycles. The average molecular weight is 315 g/mol. The number of hydroxylamine groups is 1. The molecule has 0 atom stereocenters. The summed E-state index contributed by atoms with van der Waals surface area (Å²) in [5, 5.41) is 0. The summed E-state index contributed by atoms with van der Waals surface area (Å²) in [6, 6.07) is 1.82. The highest BCUT2D eigenvalue weighted by atomic mass is 79.9. The first kappa shape index (κ1) is 13.6. The van der Waals surface area contributed by atoms with Gasteiger partial charge in [0.15, 0.2) is 0 Å². The first-order valence-electron chi connectivity index (χ1n) is 6.52. The van der Waals surface area contributed by atoms with Crippen LogP contribution in [0.1, 0.15) is 49.5 Å². The molecule has 1 aliphatic rings. The van der Waals surface area contributed by atoms with Gasteiger partial charge >= 0.3 is 0 Å². The van der Waals surface area contributed by atoms with E-state index in [-0.39, 0.29) is 12.0 Å². The van der Waals surface area contributed by atoms with Gasteiger partial charge in [0, 0.05) is 17.2 Å². The zero-order valence-electron chi connectivity index (χ0n) is 10.6. The molecule has 0 radical (unpaired) electrons. The Morgan fingerprint density at radius 2 is 2.28 bits per heavy atom. The fourth-order valence-corrected chi connectivity index (χ4v) is 2.75. The van der Waals surface area contributed by atoms with Gasteiger partial charge in [-0.05, 0) is 41.3 Å². The number of hydrogen-bond acceptors (Lipinski definition) is 2. The lowest BCUT2D eigenvalue weighted by Gasteiger charge is -2.12. The third-order valence-electron chi connectivity index (χ3n) is 3.18. The van der Waals surface area contributed by atoms with Gasteiger partial charge in [0.25, 0.3) is 5.91 Å². The smallest absolute Gasteiger partial charge is 0.291 e. The van der Waals surface area contributed by atoms with E-state index in [2.05, 4.69) is 28.3 Å². The molecule has 4 nitrogen and oxygen atoms in total. The van der Waals surface area contributed by atoms with Crippen molar-refractivity contribution in [2.75, 3.05) is 0 Å². The molecule has 1 aliphatic carbocycles. The van der Waals surface area contributed by atoms with Crippen molar-refractivity contribution in [1.82, 2.24) is 10.0 Å². The molecule has 0 aliphatic heterocycles. The minimum absolute atomic E-state index is 0.166. The van der Waals surface area contributed by atoms with Crippen LogP contribution in [0.5, 0.6) is 0 Å². The van der Waals surface area contributed by atoms with Crippen LogP contribution >= 0.6 is 15.9 Å². The molecule has 0 aromatic carbocycles. The molecule has 0 spiro atoms. The monoisotopic (exact) mass is 314 g/mol. The van der Waals surface area contributed by atoms with Gasteiger partial charge in [0.05, 0.1) is 6.10 Å². The Hall–Kier alpha value is -0.810. The molecule has 18 heavy (non-hydrogen) atoms. The van der Waals surface area contributed by atoms with Gasteiger partial charge in [-0.2, -0.15) is 0 Å². The van der Waals surface area contributed by atoms with Crippen LogP contribution in [0.2, 0.25) is 0 Å². The molecular formula is C13H19BrN2O2. The number of carbonyl (C=O) groups is 1. The molecule has 100 valence electrons. The minimum atomic E-state index is -0.166. The minimum Gasteiger partial charge on any atom is -0.342 e. The Morgan fingerprint density at radius 1 is 1.56 bits per heavy atom. The molecule has 0 unspecified atom stereocenters. The Kier molecular flexibility index (Phi) is 4.83. The molecule has 0 bridgehead atoms. The Balaban J connectivity index is 1.94. The van der Waals surface area contributed by atoms with E-state index in [9.17, 15) is 4.79 Å². The standard InChI is InChI=1S/C13H19BrN2O2/c1-2-7-16-9-10(14)8-12(16)13(17)15-18-11-5-3-4-6-11/h8-9,11H,2-7H2,1H3,(H,15,17). The predicted octanol–water partition coefficient (Wildman–Crippen LogP) is 3.26. The largest absolute Gasteiger partial charge is 0.342 e. The number of aryl methyl sites for hydroxylation is 1. The summed E-state index contributed by atoms with van der Waals surface area (Å²) in [4.78, 5) is 17.5. The van der Waals surface area contributed by atoms with E-state index in [1.807, 2.05) is 16.8 Å². The van der Waals surface area contributed by atoms with E-state index in [1.54, 1.807) is 0 Å². The summed E-state index contributed by atoms with van der Waals surface area (Å²) in [5.41, 5.74) is 3.21. The van der Waals surface area contributed by atoms with Crippen LogP contribution in [0.3, 0.4) is 0 Å². The average Bonchev–Trinajstić information content (AvgIpc) is 2.96. The Morgan fingerprint density at radius 3 is 2.94 bits per heavy atom. The summed E-state index contributed by atoms with van der Waals surface area (Å²) in [6.45, 7) is 2.92. The van der Waals surface area contributed by atoms with E-state index in [4.69, 9.17) is 4.84 Å². The van der Waals surface area contributed by atoms with E-state index < -0.39 is 0 Å². The zero-order chi connectivity index (χ0) is 13.0. The number of hydrogen-bond donors (Lipinski definition) is 1. The van der Waals surface area contributed by atoms with Crippen LogP contribution in [-0.2, 0) is 11.4 Å². The lowest BCUT2D eigenvalue weighted by molar-refractivity contribution is -0.0130. The molecule has 0 saturated heterocycles. The van der Waals surface area contributed by atoms with Crippen LogP contribution in [0.15, 0.2) is 16.7 Å². The fourth-order valence-electron chi connectivity index (χ4n) is 2.29. The van der Waals surface area contributed by atoms with E-state index in [1.165, 1.54) is 12.8 Å². The second-order valence-corrected chi connectivity index (χ2v) is 5.61. The third kappa shape index (κ3) is 3.36. The van der Waals surface area contributed by atoms with Crippen molar-refractivity contribution in [1.29, 1.82) is 0 Å². The van der Waals surface area contributed by atoms with Crippen molar-refractivity contribution in [2.24, 2.45) is 0 Å². The van der Waals surface area contributed by atoms with Gasteiger partial charge in [-0.1, -0.05) is 19.8 Å². The number of halogens is 1. The van der Waals surface area contributed by atoms with Crippen molar-refractivity contribution in [2.45, 2.75) is 51.7 Å². The zero-order valence-corrected chi connectivity index (χ0v) is 12.2. The number of nitrogens with one attached hydrogen (secondary N) is 1. The number of aromatic nitrogens is 1. The molecule has 5 heteroatoms. The lowest BCUT2D eigenvalue weighted by atomic mass is 10.3. The van der Waals surface area contributed by atoms with Crippen LogP contribution in [0.25, 0.3) is 0 Å². The number of carbonyl (C=O) groups excluding carboxylic acids is 1. The third-order valence-corrected chi connectivity index (χ3v) is 3.61. The summed E-state index contributed by atoms with van der Waals surface area (Å²) < 4.78 is 2.86. The second kappa shape index (κ2) is 6.38. The number of rotatable bonds is 5. The summed E-state index contributed by atoms with van der Waals surface area (Å²) in [7, 11) is 0. The quantitative estimate of drug-likeness (QED) is 0.848. The lowest BCUT2D eigenvalue weighted by Crippen LogP contribution is -2.29. The maximum Gasteiger partial charge on any atom is 0.291 e. The van der Waals surface area contributed by atoms with Crippen LogP contribution in [0.4, 0.5) is 0 Å². The molecule has 1 N–H and O–H groups in total. The highest BCUT2D eigenvalue weighted by molar-refractivity contribution is 9.10. The highest BCUT2D eigenvalue weighted by Gasteiger charge is 2.18. The van der Waals surface area contributed by atoms with Crippen molar-refractivity contribution >= 4 is 21.8 Å². The number of nitrogens with zero attached hydrogens (tertiary/aromatic N) is 1. The van der Waals surface area contributed by atoms with Crippen LogP contribution < -0.4 is 5.48 Å². The summed E-state index contributed by atoms with van der Waals surface area (Å²) in [5.74, 6) is -0.166. The van der Waals surface area contributed by atoms with Gasteiger partial charge in [0.1, 0.15) is 5.69 Å². The SMILES string of the molecule is CCCn1cc(Br)cc1C(=O)NOC1CCCC1. The van der Waals surface area contributed by atoms with Crippen LogP contribution in [0, 0.1) is 0 Å². The molecule has 1 aromatic rings. The van der Waals surface area contributed by atoms with Crippen molar-refractivity contribution in [3.05, 3.63) is 22.4 Å². The Labute approximate surface area is 116 Å². The van der Waals surface area contributed by atoms with E-state index in [0.717, 1.165) is 30.3 Å². The van der Waals surface area contributed by atoms with Gasteiger partial charge in [-0.3, -0.25) is 9.63 Å². The van der Waals surface area contributed by atoms with Crippen molar-refractivity contribution in [3.8, 4) is 0 Å². The van der Waals surface area contributed by atoms with Crippen molar-refractivity contribution in [3.63, 3.8) is 0 Å². The predicted molar refractivity (Wildman–Crippen MR) is 73.2 cm³/mol. The van der Waals surface area contributed by atoms with Gasteiger partial charge in [0.2, 0.25) is 0 Å². The molecule has 1 heterocycles. The van der Waals surface area contributed by atoms with Gasteiger partial charge in [-0.15, -0.1) is 0 Å². The molecule has 2 rings (SSSR count). The normalized spacial score (nSPS) is 16.1. The summed E-state index contributed by atoms with van der Waals surface area (Å²) in [6.07, 6.45) is 7.57. The summed E-state index contributed by atoms with van der Waals surface area (Å²) >= 11 is 3.40. The highest BCUT2D eigenvalue weighted by Crippen LogP contribution is 2.20.